The topological polar surface area (TPSA) is 54.4 Å². The van der Waals surface area contributed by atoms with E-state index in [0.29, 0.717) is 11.1 Å². The molecule has 0 amide bonds. The molecule has 0 radical (unpaired) electrons. The minimum Gasteiger partial charge on any atom is -0.481 e. The van der Waals surface area contributed by atoms with Crippen molar-refractivity contribution in [3.63, 3.8) is 0 Å². The molecule has 0 bridgehead atoms. The molecule has 2 unspecified atom stereocenters. The van der Waals surface area contributed by atoms with Crippen molar-refractivity contribution in [1.82, 2.24) is 0 Å². The Kier molecular flexibility index (Phi) is 3.87. The zero-order valence-electron chi connectivity index (χ0n) is 10.00. The van der Waals surface area contributed by atoms with Crippen molar-refractivity contribution >= 4 is 23.5 Å². The first-order chi connectivity index (χ1) is 8.59. The zero-order chi connectivity index (χ0) is 13.1. The van der Waals surface area contributed by atoms with E-state index in [0.717, 1.165) is 5.75 Å². The van der Waals surface area contributed by atoms with Gasteiger partial charge in [-0.2, -0.15) is 0 Å². The number of carboxylic acids is 1. The average Bonchev–Trinajstić information content (AvgIpc) is 2.91. The summed E-state index contributed by atoms with van der Waals surface area (Å²) in [6.07, 6.45) is 3.91. The van der Waals surface area contributed by atoms with Crippen LogP contribution in [0.3, 0.4) is 0 Å². The van der Waals surface area contributed by atoms with Gasteiger partial charge in [0, 0.05) is 11.3 Å². The van der Waals surface area contributed by atoms with Crippen LogP contribution in [0.4, 0.5) is 0 Å². The minimum atomic E-state index is -0.858. The smallest absolute Gasteiger partial charge is 0.310 e. The first-order valence-electron chi connectivity index (χ1n) is 5.75. The van der Waals surface area contributed by atoms with Crippen LogP contribution in [-0.2, 0) is 4.79 Å². The second-order valence-electron chi connectivity index (χ2n) is 4.23. The summed E-state index contributed by atoms with van der Waals surface area (Å²) in [4.78, 5) is 22.9. The molecule has 2 atom stereocenters. The Labute approximate surface area is 110 Å². The summed E-state index contributed by atoms with van der Waals surface area (Å²) in [7, 11) is 0. The van der Waals surface area contributed by atoms with Gasteiger partial charge in [-0.05, 0) is 12.5 Å². The molecule has 1 aromatic carbocycles. The SMILES string of the molecule is CC(C(=O)O)c1ccc(C(=O)C2C=CCS2)cc1. The molecule has 1 aliphatic rings. The molecule has 2 rings (SSSR count). The van der Waals surface area contributed by atoms with Crippen LogP contribution in [0.1, 0.15) is 28.8 Å². The lowest BCUT2D eigenvalue weighted by Gasteiger charge is -2.09. The Bertz CT molecular complexity index is 490. The molecule has 4 heteroatoms. The van der Waals surface area contributed by atoms with E-state index in [4.69, 9.17) is 5.11 Å². The van der Waals surface area contributed by atoms with E-state index in [2.05, 4.69) is 0 Å². The number of thioether (sulfide) groups is 1. The number of carbonyl (C=O) groups excluding carboxylic acids is 1. The predicted molar refractivity (Wildman–Crippen MR) is 72.2 cm³/mol. The fourth-order valence-electron chi connectivity index (χ4n) is 1.80. The van der Waals surface area contributed by atoms with Gasteiger partial charge in [-0.15, -0.1) is 11.8 Å². The lowest BCUT2D eigenvalue weighted by atomic mass is 9.98. The van der Waals surface area contributed by atoms with Gasteiger partial charge in [0.15, 0.2) is 5.78 Å². The molecule has 0 spiro atoms. The van der Waals surface area contributed by atoms with E-state index in [1.807, 2.05) is 12.2 Å². The third-order valence-corrected chi connectivity index (χ3v) is 4.12. The van der Waals surface area contributed by atoms with Crippen molar-refractivity contribution in [2.24, 2.45) is 0 Å². The molecule has 0 fully saturated rings. The Morgan fingerprint density at radius 1 is 1.33 bits per heavy atom. The van der Waals surface area contributed by atoms with Crippen LogP contribution in [0.5, 0.6) is 0 Å². The van der Waals surface area contributed by atoms with E-state index in [1.54, 1.807) is 43.0 Å². The summed E-state index contributed by atoms with van der Waals surface area (Å²) in [6, 6.07) is 6.86. The van der Waals surface area contributed by atoms with E-state index < -0.39 is 11.9 Å². The number of carbonyl (C=O) groups is 2. The summed E-state index contributed by atoms with van der Waals surface area (Å²) >= 11 is 1.61. The van der Waals surface area contributed by atoms with Gasteiger partial charge in [0.2, 0.25) is 0 Å². The quantitative estimate of drug-likeness (QED) is 0.669. The monoisotopic (exact) mass is 262 g/mol. The summed E-state index contributed by atoms with van der Waals surface area (Å²) in [5.74, 6) is -0.439. The van der Waals surface area contributed by atoms with Crippen LogP contribution in [0.2, 0.25) is 0 Å². The molecule has 0 saturated heterocycles. The second-order valence-corrected chi connectivity index (χ2v) is 5.40. The van der Waals surface area contributed by atoms with Gasteiger partial charge in [-0.25, -0.2) is 0 Å². The van der Waals surface area contributed by atoms with Crippen LogP contribution >= 0.6 is 11.8 Å². The number of Topliss-reactive ketones (excluding diaryl/α,β-unsaturated/α-hetero) is 1. The number of rotatable bonds is 4. The van der Waals surface area contributed by atoms with E-state index in [1.165, 1.54) is 0 Å². The number of carboxylic acid groups (broad SMARTS) is 1. The van der Waals surface area contributed by atoms with Crippen LogP contribution < -0.4 is 0 Å². The highest BCUT2D eigenvalue weighted by Crippen LogP contribution is 2.24. The maximum absolute atomic E-state index is 12.1. The first kappa shape index (κ1) is 12.9. The Morgan fingerprint density at radius 2 is 2.00 bits per heavy atom. The third kappa shape index (κ3) is 2.64. The first-order valence-corrected chi connectivity index (χ1v) is 6.79. The Morgan fingerprint density at radius 3 is 2.50 bits per heavy atom. The van der Waals surface area contributed by atoms with E-state index in [-0.39, 0.29) is 11.0 Å². The van der Waals surface area contributed by atoms with E-state index >= 15 is 0 Å². The maximum Gasteiger partial charge on any atom is 0.310 e. The highest BCUT2D eigenvalue weighted by Gasteiger charge is 2.21. The molecule has 0 saturated carbocycles. The van der Waals surface area contributed by atoms with Crippen LogP contribution in [0, 0.1) is 0 Å². The summed E-state index contributed by atoms with van der Waals surface area (Å²) in [5.41, 5.74) is 1.36. The highest BCUT2D eigenvalue weighted by atomic mass is 32.2. The molecule has 1 N–H and O–H groups in total. The normalized spacial score (nSPS) is 19.7. The lowest BCUT2D eigenvalue weighted by Crippen LogP contribution is -2.13. The van der Waals surface area contributed by atoms with Crippen molar-refractivity contribution in [3.05, 3.63) is 47.5 Å². The Hall–Kier alpha value is -1.55. The third-order valence-electron chi connectivity index (χ3n) is 3.01. The van der Waals surface area contributed by atoms with E-state index in [9.17, 15) is 9.59 Å². The predicted octanol–water partition coefficient (Wildman–Crippen LogP) is 2.73. The van der Waals surface area contributed by atoms with Gasteiger partial charge in [0.1, 0.15) is 0 Å². The average molecular weight is 262 g/mol. The molecule has 1 aromatic rings. The van der Waals surface area contributed by atoms with Crippen molar-refractivity contribution in [2.45, 2.75) is 18.1 Å². The number of hydrogen-bond acceptors (Lipinski definition) is 3. The molecule has 1 aliphatic heterocycles. The molecule has 1 heterocycles. The molecular weight excluding hydrogens is 248 g/mol. The van der Waals surface area contributed by atoms with Crippen molar-refractivity contribution in [2.75, 3.05) is 5.75 Å². The van der Waals surface area contributed by atoms with Gasteiger partial charge in [0.05, 0.1) is 11.2 Å². The van der Waals surface area contributed by atoms with Crippen molar-refractivity contribution in [3.8, 4) is 0 Å². The molecule has 0 aromatic heterocycles. The molecular formula is C14H14O3S. The summed E-state index contributed by atoms with van der Waals surface area (Å²) in [6.45, 7) is 1.63. The minimum absolute atomic E-state index is 0.0864. The number of benzene rings is 1. The van der Waals surface area contributed by atoms with Gasteiger partial charge < -0.3 is 5.11 Å². The molecule has 18 heavy (non-hydrogen) atoms. The van der Waals surface area contributed by atoms with Crippen LogP contribution in [0.25, 0.3) is 0 Å². The van der Waals surface area contributed by atoms with Crippen LogP contribution in [0.15, 0.2) is 36.4 Å². The number of aliphatic carboxylic acids is 1. The lowest BCUT2D eigenvalue weighted by molar-refractivity contribution is -0.138. The highest BCUT2D eigenvalue weighted by molar-refractivity contribution is 8.01. The summed E-state index contributed by atoms with van der Waals surface area (Å²) < 4.78 is 0. The summed E-state index contributed by atoms with van der Waals surface area (Å²) in [5, 5.41) is 8.82. The molecule has 94 valence electrons. The molecule has 3 nitrogen and oxygen atoms in total. The van der Waals surface area contributed by atoms with Gasteiger partial charge in [0.25, 0.3) is 0 Å². The maximum atomic E-state index is 12.1. The fraction of sp³-hybridized carbons (Fsp3) is 0.286. The van der Waals surface area contributed by atoms with Gasteiger partial charge in [-0.3, -0.25) is 9.59 Å². The Balaban J connectivity index is 2.14. The zero-order valence-corrected chi connectivity index (χ0v) is 10.8. The second kappa shape index (κ2) is 5.40. The fourth-order valence-corrected chi connectivity index (χ4v) is 2.74. The van der Waals surface area contributed by atoms with Gasteiger partial charge in [-0.1, -0.05) is 36.4 Å². The number of hydrogen-bond donors (Lipinski definition) is 1. The van der Waals surface area contributed by atoms with Crippen LogP contribution in [-0.4, -0.2) is 27.9 Å². The van der Waals surface area contributed by atoms with Crippen molar-refractivity contribution in [1.29, 1.82) is 0 Å². The largest absolute Gasteiger partial charge is 0.481 e. The van der Waals surface area contributed by atoms with Crippen molar-refractivity contribution < 1.29 is 14.7 Å². The number of ketones is 1. The van der Waals surface area contributed by atoms with Gasteiger partial charge >= 0.3 is 5.97 Å². The standard InChI is InChI=1S/C14H14O3S/c1-9(14(16)17)10-4-6-11(7-5-10)13(15)12-3-2-8-18-12/h2-7,9,12H,8H2,1H3,(H,16,17). The molecule has 0 aliphatic carbocycles.